The van der Waals surface area contributed by atoms with Crippen molar-refractivity contribution in [3.63, 3.8) is 0 Å². The minimum Gasteiger partial charge on any atom is -0.367 e. The molecule has 142 valence electrons. The summed E-state index contributed by atoms with van der Waals surface area (Å²) in [6.45, 7) is 8.53. The molecule has 2 aliphatic heterocycles. The standard InChI is InChI=1S/C20H26N6O/c1-14(2)12-17-23-18-16(5-7-22-20(18)27)19(24-17)26-10-8-25(9-11-26)15-4-3-6-21-13-15/h3-4,6,13-14H,5,7-12H2,1-2H3,(H,22,27). The Bertz CT molecular complexity index is 815. The average molecular weight is 366 g/mol. The molecule has 1 amide bonds. The highest BCUT2D eigenvalue weighted by Gasteiger charge is 2.28. The van der Waals surface area contributed by atoms with Crippen LogP contribution < -0.4 is 15.1 Å². The van der Waals surface area contributed by atoms with Gasteiger partial charge in [-0.25, -0.2) is 9.97 Å². The Hall–Kier alpha value is -2.70. The number of hydrogen-bond donors (Lipinski definition) is 1. The second-order valence-corrected chi connectivity index (χ2v) is 7.58. The monoisotopic (exact) mass is 366 g/mol. The molecule has 2 aromatic rings. The molecule has 0 aliphatic carbocycles. The largest absolute Gasteiger partial charge is 0.367 e. The molecule has 2 aromatic heterocycles. The van der Waals surface area contributed by atoms with E-state index >= 15 is 0 Å². The summed E-state index contributed by atoms with van der Waals surface area (Å²) >= 11 is 0. The number of carbonyl (C=O) groups excluding carboxylic acids is 1. The molecule has 7 nitrogen and oxygen atoms in total. The molecule has 4 heterocycles. The van der Waals surface area contributed by atoms with Crippen molar-refractivity contribution in [3.05, 3.63) is 41.6 Å². The number of pyridine rings is 1. The highest BCUT2D eigenvalue weighted by molar-refractivity contribution is 5.96. The van der Waals surface area contributed by atoms with E-state index in [4.69, 9.17) is 4.98 Å². The molecule has 0 atom stereocenters. The van der Waals surface area contributed by atoms with Crippen molar-refractivity contribution >= 4 is 17.4 Å². The van der Waals surface area contributed by atoms with Gasteiger partial charge in [0.15, 0.2) is 0 Å². The van der Waals surface area contributed by atoms with E-state index in [2.05, 4.69) is 45.0 Å². The highest BCUT2D eigenvalue weighted by atomic mass is 16.1. The Kier molecular flexibility index (Phi) is 4.92. The van der Waals surface area contributed by atoms with E-state index in [1.165, 1.54) is 0 Å². The van der Waals surface area contributed by atoms with Gasteiger partial charge >= 0.3 is 0 Å². The van der Waals surface area contributed by atoms with Crippen LogP contribution in [0.1, 0.15) is 35.7 Å². The summed E-state index contributed by atoms with van der Waals surface area (Å²) in [5.41, 5.74) is 2.72. The molecular formula is C20H26N6O. The topological polar surface area (TPSA) is 74.2 Å². The number of nitrogens with zero attached hydrogens (tertiary/aromatic N) is 5. The maximum absolute atomic E-state index is 12.4. The van der Waals surface area contributed by atoms with Gasteiger partial charge in [-0.1, -0.05) is 13.8 Å². The smallest absolute Gasteiger partial charge is 0.270 e. The average Bonchev–Trinajstić information content (AvgIpc) is 2.68. The molecule has 0 radical (unpaired) electrons. The van der Waals surface area contributed by atoms with Crippen molar-refractivity contribution in [1.82, 2.24) is 20.3 Å². The third-order valence-corrected chi connectivity index (χ3v) is 5.09. The molecule has 1 saturated heterocycles. The van der Waals surface area contributed by atoms with Crippen molar-refractivity contribution in [2.45, 2.75) is 26.7 Å². The first-order valence-corrected chi connectivity index (χ1v) is 9.69. The van der Waals surface area contributed by atoms with Gasteiger partial charge in [-0.2, -0.15) is 0 Å². The summed E-state index contributed by atoms with van der Waals surface area (Å²) in [5, 5.41) is 2.91. The first-order chi connectivity index (χ1) is 13.1. The van der Waals surface area contributed by atoms with Crippen LogP contribution in [0.3, 0.4) is 0 Å². The third kappa shape index (κ3) is 3.72. The van der Waals surface area contributed by atoms with Gasteiger partial charge in [0.1, 0.15) is 17.3 Å². The van der Waals surface area contributed by atoms with Crippen LogP contribution in [0.5, 0.6) is 0 Å². The van der Waals surface area contributed by atoms with Crippen LogP contribution >= 0.6 is 0 Å². The van der Waals surface area contributed by atoms with Crippen molar-refractivity contribution in [3.8, 4) is 0 Å². The van der Waals surface area contributed by atoms with Crippen LogP contribution in [-0.4, -0.2) is 53.6 Å². The van der Waals surface area contributed by atoms with Crippen LogP contribution in [-0.2, 0) is 12.8 Å². The fourth-order valence-electron chi connectivity index (χ4n) is 3.76. The molecule has 0 bridgehead atoms. The number of carbonyl (C=O) groups is 1. The van der Waals surface area contributed by atoms with E-state index in [-0.39, 0.29) is 5.91 Å². The molecule has 0 aromatic carbocycles. The van der Waals surface area contributed by atoms with Crippen LogP contribution in [0, 0.1) is 5.92 Å². The number of rotatable bonds is 4. The molecule has 27 heavy (non-hydrogen) atoms. The Morgan fingerprint density at radius 1 is 1.15 bits per heavy atom. The zero-order valence-corrected chi connectivity index (χ0v) is 16.0. The lowest BCUT2D eigenvalue weighted by atomic mass is 10.0. The predicted molar refractivity (Wildman–Crippen MR) is 105 cm³/mol. The minimum atomic E-state index is -0.0705. The van der Waals surface area contributed by atoms with Gasteiger partial charge in [0, 0.05) is 50.9 Å². The maximum atomic E-state index is 12.4. The van der Waals surface area contributed by atoms with Gasteiger partial charge in [-0.15, -0.1) is 0 Å². The second-order valence-electron chi connectivity index (χ2n) is 7.58. The number of fused-ring (bicyclic) bond motifs is 1. The molecule has 0 spiro atoms. The lowest BCUT2D eigenvalue weighted by Crippen LogP contribution is -2.48. The Balaban J connectivity index is 1.59. The Morgan fingerprint density at radius 3 is 2.63 bits per heavy atom. The molecule has 7 heteroatoms. The van der Waals surface area contributed by atoms with Crippen LogP contribution in [0.15, 0.2) is 24.5 Å². The number of nitrogens with one attached hydrogen (secondary N) is 1. The van der Waals surface area contributed by atoms with Gasteiger partial charge in [-0.3, -0.25) is 9.78 Å². The summed E-state index contributed by atoms with van der Waals surface area (Å²) in [6.07, 6.45) is 5.28. The summed E-state index contributed by atoms with van der Waals surface area (Å²) in [7, 11) is 0. The molecule has 0 saturated carbocycles. The fraction of sp³-hybridized carbons (Fsp3) is 0.500. The summed E-state index contributed by atoms with van der Waals surface area (Å²) in [4.78, 5) is 30.7. The fourth-order valence-corrected chi connectivity index (χ4v) is 3.76. The zero-order chi connectivity index (χ0) is 18.8. The third-order valence-electron chi connectivity index (χ3n) is 5.09. The van der Waals surface area contributed by atoms with Crippen LogP contribution in [0.2, 0.25) is 0 Å². The summed E-state index contributed by atoms with van der Waals surface area (Å²) in [6, 6.07) is 4.07. The van der Waals surface area contributed by atoms with Crippen molar-refractivity contribution < 1.29 is 4.79 Å². The molecular weight excluding hydrogens is 340 g/mol. The quantitative estimate of drug-likeness (QED) is 0.888. The SMILES string of the molecule is CC(C)Cc1nc2c(c(N3CCN(c4cccnc4)CC3)n1)CCNC2=O. The normalized spacial score (nSPS) is 17.1. The van der Waals surface area contributed by atoms with Gasteiger partial charge in [0.05, 0.1) is 11.9 Å². The van der Waals surface area contributed by atoms with Gasteiger partial charge < -0.3 is 15.1 Å². The molecule has 1 N–H and O–H groups in total. The Morgan fingerprint density at radius 2 is 1.93 bits per heavy atom. The number of piperazine rings is 1. The lowest BCUT2D eigenvalue weighted by molar-refractivity contribution is 0.0940. The first-order valence-electron chi connectivity index (χ1n) is 9.69. The zero-order valence-electron chi connectivity index (χ0n) is 16.0. The van der Waals surface area contributed by atoms with E-state index < -0.39 is 0 Å². The van der Waals surface area contributed by atoms with Crippen LogP contribution in [0.4, 0.5) is 11.5 Å². The van der Waals surface area contributed by atoms with E-state index in [0.717, 1.165) is 61.9 Å². The summed E-state index contributed by atoms with van der Waals surface area (Å²) < 4.78 is 0. The molecule has 2 aliphatic rings. The molecule has 0 unspecified atom stereocenters. The van der Waals surface area contributed by atoms with Gasteiger partial charge in [0.25, 0.3) is 5.91 Å². The molecule has 4 rings (SSSR count). The second kappa shape index (κ2) is 7.50. The van der Waals surface area contributed by atoms with Crippen LogP contribution in [0.25, 0.3) is 0 Å². The first kappa shape index (κ1) is 17.7. The predicted octanol–water partition coefficient (Wildman–Crippen LogP) is 1.68. The molecule has 1 fully saturated rings. The van der Waals surface area contributed by atoms with Crippen molar-refractivity contribution in [2.75, 3.05) is 42.5 Å². The van der Waals surface area contributed by atoms with E-state index in [1.54, 1.807) is 6.20 Å². The number of hydrogen-bond acceptors (Lipinski definition) is 6. The van der Waals surface area contributed by atoms with Gasteiger partial charge in [0.2, 0.25) is 0 Å². The summed E-state index contributed by atoms with van der Waals surface area (Å²) in [5.74, 6) is 2.10. The van der Waals surface area contributed by atoms with Crippen molar-refractivity contribution in [1.29, 1.82) is 0 Å². The maximum Gasteiger partial charge on any atom is 0.270 e. The van der Waals surface area contributed by atoms with E-state index in [1.807, 2.05) is 12.3 Å². The Labute approximate surface area is 159 Å². The van der Waals surface area contributed by atoms with Gasteiger partial charge in [-0.05, 0) is 24.5 Å². The van der Waals surface area contributed by atoms with Crippen molar-refractivity contribution in [2.24, 2.45) is 5.92 Å². The number of anilines is 2. The van der Waals surface area contributed by atoms with E-state index in [0.29, 0.717) is 18.2 Å². The lowest BCUT2D eigenvalue weighted by Gasteiger charge is -2.38. The van der Waals surface area contributed by atoms with E-state index in [9.17, 15) is 4.79 Å². The number of amides is 1. The number of aromatic nitrogens is 3. The minimum absolute atomic E-state index is 0.0705. The highest BCUT2D eigenvalue weighted by Crippen LogP contribution is 2.26.